The number of fused-ring (bicyclic) bond motifs is 3. The summed E-state index contributed by atoms with van der Waals surface area (Å²) in [6, 6.07) is 5.86. The van der Waals surface area contributed by atoms with Crippen molar-refractivity contribution >= 4 is 39.0 Å². The molecular weight excluding hydrogens is 456 g/mol. The highest BCUT2D eigenvalue weighted by Crippen LogP contribution is 2.38. The number of nitrogens with one attached hydrogen (secondary N) is 2. The number of methoxy groups -OCH3 is 1. The van der Waals surface area contributed by atoms with Gasteiger partial charge in [-0.1, -0.05) is 45.4 Å². The molecule has 0 unspecified atom stereocenters. The number of benzene rings is 1. The second-order valence-corrected chi connectivity index (χ2v) is 9.36. The van der Waals surface area contributed by atoms with Crippen LogP contribution in [0.5, 0.6) is 5.75 Å². The first-order valence-corrected chi connectivity index (χ1v) is 12.5. The molecule has 0 radical (unpaired) electrons. The first kappa shape index (κ1) is 27.3. The number of hydrazine groups is 1. The highest BCUT2D eigenvalue weighted by molar-refractivity contribution is 7.19. The fourth-order valence-electron chi connectivity index (χ4n) is 3.53. The monoisotopic (exact) mass is 492 g/mol. The van der Waals surface area contributed by atoms with Crippen molar-refractivity contribution < 1.29 is 4.74 Å². The van der Waals surface area contributed by atoms with Gasteiger partial charge in [0, 0.05) is 30.4 Å². The van der Waals surface area contributed by atoms with Gasteiger partial charge in [-0.3, -0.25) is 11.3 Å². The number of likely N-dealkylation sites (N-methyl/N-ethyl adjacent to an activating group) is 1. The van der Waals surface area contributed by atoms with Crippen LogP contribution in [0.25, 0.3) is 10.2 Å². The van der Waals surface area contributed by atoms with Crippen molar-refractivity contribution in [2.24, 2.45) is 5.84 Å². The quantitative estimate of drug-likeness (QED) is 0.334. The van der Waals surface area contributed by atoms with Crippen LogP contribution in [0.1, 0.15) is 55.4 Å². The van der Waals surface area contributed by atoms with Gasteiger partial charge in [-0.15, -0.1) is 11.3 Å². The third-order valence-corrected chi connectivity index (χ3v) is 6.51. The number of nitrogens with zero attached hydrogens (tertiary/aromatic N) is 3. The van der Waals surface area contributed by atoms with Gasteiger partial charge in [0.15, 0.2) is 0 Å². The van der Waals surface area contributed by atoms with Gasteiger partial charge < -0.3 is 15.0 Å². The molecule has 7 nitrogen and oxygen atoms in total. The zero-order chi connectivity index (χ0) is 24.5. The molecule has 0 aliphatic carbocycles. The van der Waals surface area contributed by atoms with Gasteiger partial charge in [0.05, 0.1) is 17.5 Å². The van der Waals surface area contributed by atoms with Gasteiger partial charge in [-0.2, -0.15) is 0 Å². The van der Waals surface area contributed by atoms with E-state index in [1.54, 1.807) is 14.2 Å². The maximum Gasteiger partial charge on any atom is 0.139 e. The second-order valence-electron chi connectivity index (χ2n) is 7.87. The fourth-order valence-corrected chi connectivity index (χ4v) is 5.12. The van der Waals surface area contributed by atoms with Gasteiger partial charge in [-0.05, 0) is 43.8 Å². The average molecular weight is 493 g/mol. The minimum Gasteiger partial charge on any atom is -0.495 e. The summed E-state index contributed by atoms with van der Waals surface area (Å²) in [5.41, 5.74) is 4.75. The van der Waals surface area contributed by atoms with E-state index in [1.165, 1.54) is 15.8 Å². The van der Waals surface area contributed by atoms with Crippen molar-refractivity contribution in [3.05, 3.63) is 45.1 Å². The molecule has 182 valence electrons. The zero-order valence-electron chi connectivity index (χ0n) is 20.8. The SMILES string of the molecule is CC.CNN.COc1ccc(CNc2nc(C(C)C)nc3sc4c(c23)CCN(C)C4)cc1Cl. The molecule has 0 saturated heterocycles. The van der Waals surface area contributed by atoms with Crippen molar-refractivity contribution in [1.29, 1.82) is 0 Å². The Morgan fingerprint density at radius 2 is 1.97 bits per heavy atom. The lowest BCUT2D eigenvalue weighted by atomic mass is 10.0. The van der Waals surface area contributed by atoms with Crippen molar-refractivity contribution in [1.82, 2.24) is 20.3 Å². The summed E-state index contributed by atoms with van der Waals surface area (Å²) in [5.74, 6) is 7.38. The molecule has 1 aliphatic rings. The Balaban J connectivity index is 0.000000714. The van der Waals surface area contributed by atoms with E-state index in [2.05, 4.69) is 42.4 Å². The van der Waals surface area contributed by atoms with Gasteiger partial charge in [-0.25, -0.2) is 9.97 Å². The van der Waals surface area contributed by atoms with Crippen LogP contribution in [0.2, 0.25) is 5.02 Å². The zero-order valence-corrected chi connectivity index (χ0v) is 22.3. The number of ether oxygens (including phenoxy) is 1. The smallest absolute Gasteiger partial charge is 0.139 e. The first-order valence-electron chi connectivity index (χ1n) is 11.3. The van der Waals surface area contributed by atoms with Crippen molar-refractivity contribution in [3.63, 3.8) is 0 Å². The Hall–Kier alpha value is -1.97. The van der Waals surface area contributed by atoms with Crippen LogP contribution in [-0.4, -0.2) is 42.6 Å². The van der Waals surface area contributed by atoms with Crippen LogP contribution in [0, 0.1) is 0 Å². The summed E-state index contributed by atoms with van der Waals surface area (Å²) in [6.07, 6.45) is 1.04. The molecule has 0 saturated carbocycles. The molecule has 1 aliphatic heterocycles. The Morgan fingerprint density at radius 1 is 1.27 bits per heavy atom. The summed E-state index contributed by atoms with van der Waals surface area (Å²) in [7, 11) is 5.45. The summed E-state index contributed by atoms with van der Waals surface area (Å²) >= 11 is 8.09. The summed E-state index contributed by atoms with van der Waals surface area (Å²) in [5, 5.41) is 5.36. The molecular formula is C24H37ClN6OS. The molecule has 0 spiro atoms. The van der Waals surface area contributed by atoms with Crippen molar-refractivity contribution in [3.8, 4) is 5.75 Å². The number of aromatic nitrogens is 2. The van der Waals surface area contributed by atoms with E-state index in [0.717, 1.165) is 41.5 Å². The summed E-state index contributed by atoms with van der Waals surface area (Å²) in [4.78, 5) is 14.6. The van der Waals surface area contributed by atoms with Crippen LogP contribution < -0.4 is 21.3 Å². The van der Waals surface area contributed by atoms with E-state index in [-0.39, 0.29) is 5.92 Å². The molecule has 9 heteroatoms. The highest BCUT2D eigenvalue weighted by Gasteiger charge is 2.23. The van der Waals surface area contributed by atoms with E-state index in [0.29, 0.717) is 17.3 Å². The molecule has 4 N–H and O–H groups in total. The van der Waals surface area contributed by atoms with E-state index in [1.807, 2.05) is 43.4 Å². The highest BCUT2D eigenvalue weighted by atomic mass is 35.5. The molecule has 0 bridgehead atoms. The van der Waals surface area contributed by atoms with Crippen LogP contribution in [0.4, 0.5) is 5.82 Å². The van der Waals surface area contributed by atoms with Crippen molar-refractivity contribution in [2.75, 3.05) is 33.1 Å². The predicted molar refractivity (Wildman–Crippen MR) is 141 cm³/mol. The average Bonchev–Trinajstić information content (AvgIpc) is 3.16. The Labute approximate surface area is 206 Å². The molecule has 2 aromatic heterocycles. The topological polar surface area (TPSA) is 88.3 Å². The maximum atomic E-state index is 6.28. The van der Waals surface area contributed by atoms with Crippen LogP contribution >= 0.6 is 22.9 Å². The minimum atomic E-state index is 0.280. The number of hydrogen-bond donors (Lipinski definition) is 3. The predicted octanol–water partition coefficient (Wildman–Crippen LogP) is 5.18. The van der Waals surface area contributed by atoms with Gasteiger partial charge in [0.25, 0.3) is 0 Å². The van der Waals surface area contributed by atoms with Gasteiger partial charge >= 0.3 is 0 Å². The lowest BCUT2D eigenvalue weighted by molar-refractivity contribution is 0.318. The lowest BCUT2D eigenvalue weighted by Crippen LogP contribution is -2.25. The molecule has 3 aromatic rings. The van der Waals surface area contributed by atoms with Crippen molar-refractivity contribution in [2.45, 2.75) is 53.1 Å². The van der Waals surface area contributed by atoms with E-state index in [9.17, 15) is 0 Å². The van der Waals surface area contributed by atoms with Gasteiger partial charge in [0.2, 0.25) is 0 Å². The maximum absolute atomic E-state index is 6.28. The standard InChI is InChI=1S/C21H25ClN4OS.C2H6.CH6N2/c1-12(2)19-24-20(23-10-13-5-6-16(27-4)15(22)9-13)18-14-7-8-26(3)11-17(14)28-21(18)25-19;1-2;1-3-2/h5-6,9,12H,7-8,10-11H2,1-4H3,(H,23,24,25);1-2H3;3H,2H2,1H3. The molecule has 0 atom stereocenters. The fraction of sp³-hybridized carbons (Fsp3) is 0.500. The normalized spacial score (nSPS) is 13.0. The molecule has 0 fully saturated rings. The Morgan fingerprint density at radius 3 is 2.58 bits per heavy atom. The largest absolute Gasteiger partial charge is 0.495 e. The van der Waals surface area contributed by atoms with E-state index in [4.69, 9.17) is 26.3 Å². The molecule has 0 amide bonds. The Kier molecular flexibility index (Phi) is 10.8. The number of hydrogen-bond acceptors (Lipinski definition) is 8. The number of nitrogens with two attached hydrogens (primary N) is 1. The number of halogens is 1. The summed E-state index contributed by atoms with van der Waals surface area (Å²) < 4.78 is 5.25. The molecule has 4 rings (SSSR count). The summed E-state index contributed by atoms with van der Waals surface area (Å²) in [6.45, 7) is 11.0. The van der Waals surface area contributed by atoms with Gasteiger partial charge in [0.1, 0.15) is 22.2 Å². The van der Waals surface area contributed by atoms with E-state index >= 15 is 0 Å². The second kappa shape index (κ2) is 13.1. The van der Waals surface area contributed by atoms with Crippen LogP contribution in [-0.2, 0) is 19.5 Å². The number of anilines is 1. The third-order valence-electron chi connectivity index (χ3n) is 5.10. The lowest BCUT2D eigenvalue weighted by Gasteiger charge is -2.22. The number of rotatable bonds is 5. The first-order chi connectivity index (χ1) is 15.9. The number of thiophene rings is 1. The molecule has 33 heavy (non-hydrogen) atoms. The van der Waals surface area contributed by atoms with Crippen LogP contribution in [0.3, 0.4) is 0 Å². The third kappa shape index (κ3) is 6.77. The van der Waals surface area contributed by atoms with Crippen LogP contribution in [0.15, 0.2) is 18.2 Å². The molecule has 1 aromatic carbocycles. The molecule has 3 heterocycles. The Bertz CT molecular complexity index is 1040. The van der Waals surface area contributed by atoms with E-state index < -0.39 is 0 Å². The minimum absolute atomic E-state index is 0.280.